The number of para-hydroxylation sites is 1. The van der Waals surface area contributed by atoms with E-state index in [1.54, 1.807) is 0 Å². The third-order valence-corrected chi connectivity index (χ3v) is 3.18. The van der Waals surface area contributed by atoms with Crippen molar-refractivity contribution in [1.82, 2.24) is 4.98 Å². The zero-order chi connectivity index (χ0) is 15.1. The molecule has 0 amide bonds. The Morgan fingerprint density at radius 1 is 1.24 bits per heavy atom. The first-order chi connectivity index (χ1) is 9.97. The van der Waals surface area contributed by atoms with Crippen LogP contribution in [-0.2, 0) is 0 Å². The molecule has 0 aliphatic heterocycles. The normalized spacial score (nSPS) is 11.0. The number of carboxylic acid groups (broad SMARTS) is 1. The Hall–Kier alpha value is -2.47. The molecule has 3 aromatic rings. The Morgan fingerprint density at radius 3 is 2.71 bits per heavy atom. The highest BCUT2D eigenvalue weighted by Gasteiger charge is 2.19. The maximum atomic E-state index is 13.8. The molecule has 0 atom stereocenters. The minimum atomic E-state index is -1.20. The van der Waals surface area contributed by atoms with Crippen LogP contribution in [0.1, 0.15) is 10.4 Å². The number of hydrogen-bond acceptors (Lipinski definition) is 3. The van der Waals surface area contributed by atoms with Crippen LogP contribution in [-0.4, -0.2) is 16.1 Å². The Labute approximate surface area is 121 Å². The van der Waals surface area contributed by atoms with Crippen molar-refractivity contribution in [2.75, 3.05) is 0 Å². The predicted molar refractivity (Wildman–Crippen MR) is 71.3 cm³/mol. The number of aromatic nitrogens is 1. The number of rotatable bonds is 2. The SMILES string of the molecule is O=C(O)c1cccc2nc(-c3cc(F)c(Cl)cc3F)oc12. The highest BCUT2D eigenvalue weighted by Crippen LogP contribution is 2.30. The second-order valence-corrected chi connectivity index (χ2v) is 4.63. The first-order valence-electron chi connectivity index (χ1n) is 5.75. The average Bonchev–Trinajstić information content (AvgIpc) is 2.85. The maximum absolute atomic E-state index is 13.8. The van der Waals surface area contributed by atoms with Crippen LogP contribution in [0, 0.1) is 11.6 Å². The number of oxazole rings is 1. The minimum Gasteiger partial charge on any atom is -0.478 e. The minimum absolute atomic E-state index is 0.00485. The highest BCUT2D eigenvalue weighted by molar-refractivity contribution is 6.30. The van der Waals surface area contributed by atoms with Crippen molar-refractivity contribution in [3.05, 3.63) is 52.6 Å². The molecule has 4 nitrogen and oxygen atoms in total. The van der Waals surface area contributed by atoms with Gasteiger partial charge in [0.1, 0.15) is 22.7 Å². The molecule has 0 aliphatic carbocycles. The molecule has 2 aromatic carbocycles. The molecule has 0 saturated carbocycles. The number of carboxylic acids is 1. The van der Waals surface area contributed by atoms with E-state index >= 15 is 0 Å². The zero-order valence-electron chi connectivity index (χ0n) is 10.2. The van der Waals surface area contributed by atoms with Crippen molar-refractivity contribution in [1.29, 1.82) is 0 Å². The van der Waals surface area contributed by atoms with Gasteiger partial charge in [-0.3, -0.25) is 0 Å². The van der Waals surface area contributed by atoms with E-state index in [2.05, 4.69) is 4.98 Å². The summed E-state index contributed by atoms with van der Waals surface area (Å²) in [5.41, 5.74) is -0.111. The fraction of sp³-hybridized carbons (Fsp3) is 0. The number of halogens is 3. The van der Waals surface area contributed by atoms with Gasteiger partial charge in [0.2, 0.25) is 5.89 Å². The van der Waals surface area contributed by atoms with Crippen LogP contribution in [0.3, 0.4) is 0 Å². The van der Waals surface area contributed by atoms with Gasteiger partial charge in [-0.1, -0.05) is 17.7 Å². The molecule has 1 aromatic heterocycles. The number of benzene rings is 2. The van der Waals surface area contributed by atoms with Gasteiger partial charge in [-0.2, -0.15) is 0 Å². The van der Waals surface area contributed by atoms with Gasteiger partial charge in [-0.15, -0.1) is 0 Å². The molecule has 1 N–H and O–H groups in total. The van der Waals surface area contributed by atoms with Crippen LogP contribution in [0.15, 0.2) is 34.7 Å². The van der Waals surface area contributed by atoms with Crippen molar-refractivity contribution >= 4 is 28.7 Å². The summed E-state index contributed by atoms with van der Waals surface area (Å²) in [7, 11) is 0. The van der Waals surface area contributed by atoms with Gasteiger partial charge >= 0.3 is 5.97 Å². The summed E-state index contributed by atoms with van der Waals surface area (Å²) < 4.78 is 32.6. The Morgan fingerprint density at radius 2 is 2.00 bits per heavy atom. The summed E-state index contributed by atoms with van der Waals surface area (Å²) >= 11 is 5.48. The number of aromatic carboxylic acids is 1. The van der Waals surface area contributed by atoms with E-state index in [-0.39, 0.29) is 33.1 Å². The van der Waals surface area contributed by atoms with Gasteiger partial charge in [0.25, 0.3) is 0 Å². The number of nitrogens with zero attached hydrogens (tertiary/aromatic N) is 1. The van der Waals surface area contributed by atoms with Crippen LogP contribution in [0.4, 0.5) is 8.78 Å². The second-order valence-electron chi connectivity index (χ2n) is 4.22. The second kappa shape index (κ2) is 4.82. The Kier molecular flexibility index (Phi) is 3.10. The summed E-state index contributed by atoms with van der Waals surface area (Å²) in [4.78, 5) is 15.1. The first kappa shape index (κ1) is 13.5. The summed E-state index contributed by atoms with van der Waals surface area (Å²) in [5, 5.41) is 8.70. The van der Waals surface area contributed by atoms with Gasteiger partial charge in [0.15, 0.2) is 5.58 Å². The predicted octanol–water partition coefficient (Wildman–Crippen LogP) is 4.12. The lowest BCUT2D eigenvalue weighted by Gasteiger charge is -2.00. The number of hydrogen-bond donors (Lipinski definition) is 1. The molecule has 7 heteroatoms. The summed E-state index contributed by atoms with van der Waals surface area (Å²) in [6.45, 7) is 0. The fourth-order valence-corrected chi connectivity index (χ4v) is 2.07. The lowest BCUT2D eigenvalue weighted by atomic mass is 10.2. The van der Waals surface area contributed by atoms with Crippen molar-refractivity contribution in [2.24, 2.45) is 0 Å². The molecular weight excluding hydrogens is 304 g/mol. The van der Waals surface area contributed by atoms with E-state index in [0.717, 1.165) is 12.1 Å². The van der Waals surface area contributed by atoms with Crippen LogP contribution < -0.4 is 0 Å². The van der Waals surface area contributed by atoms with E-state index in [0.29, 0.717) is 0 Å². The van der Waals surface area contributed by atoms with E-state index in [1.165, 1.54) is 18.2 Å². The van der Waals surface area contributed by atoms with Crippen molar-refractivity contribution in [2.45, 2.75) is 0 Å². The summed E-state index contributed by atoms with van der Waals surface area (Å²) in [6, 6.07) is 5.98. The molecule has 0 radical (unpaired) electrons. The van der Waals surface area contributed by atoms with Gasteiger partial charge in [-0.05, 0) is 24.3 Å². The summed E-state index contributed by atoms with van der Waals surface area (Å²) in [6.07, 6.45) is 0. The molecule has 0 spiro atoms. The van der Waals surface area contributed by atoms with Crippen LogP contribution in [0.25, 0.3) is 22.6 Å². The molecule has 0 bridgehead atoms. The lowest BCUT2D eigenvalue weighted by molar-refractivity contribution is 0.0698. The highest BCUT2D eigenvalue weighted by atomic mass is 35.5. The van der Waals surface area contributed by atoms with Crippen LogP contribution in [0.5, 0.6) is 0 Å². The van der Waals surface area contributed by atoms with E-state index in [4.69, 9.17) is 21.1 Å². The Bertz CT molecular complexity index is 876. The van der Waals surface area contributed by atoms with Crippen LogP contribution in [0.2, 0.25) is 5.02 Å². The Balaban J connectivity index is 2.25. The zero-order valence-corrected chi connectivity index (χ0v) is 11.0. The quantitative estimate of drug-likeness (QED) is 0.723. The van der Waals surface area contributed by atoms with Crippen molar-refractivity contribution < 1.29 is 23.1 Å². The number of fused-ring (bicyclic) bond motifs is 1. The topological polar surface area (TPSA) is 63.3 Å². The average molecular weight is 310 g/mol. The van der Waals surface area contributed by atoms with Gasteiger partial charge in [0.05, 0.1) is 10.6 Å². The molecular formula is C14H6ClF2NO3. The molecule has 0 aliphatic rings. The van der Waals surface area contributed by atoms with Crippen LogP contribution >= 0.6 is 11.6 Å². The van der Waals surface area contributed by atoms with E-state index in [9.17, 15) is 13.6 Å². The standard InChI is InChI=1S/C14H6ClF2NO3/c15-8-5-9(16)7(4-10(8)17)13-18-11-3-1-2-6(14(19)20)12(11)21-13/h1-5H,(H,19,20). The third-order valence-electron chi connectivity index (χ3n) is 2.89. The number of carbonyl (C=O) groups is 1. The largest absolute Gasteiger partial charge is 0.478 e. The molecule has 1 heterocycles. The first-order valence-corrected chi connectivity index (χ1v) is 6.13. The van der Waals surface area contributed by atoms with Crippen molar-refractivity contribution in [3.8, 4) is 11.5 Å². The molecule has 21 heavy (non-hydrogen) atoms. The molecule has 106 valence electrons. The smallest absolute Gasteiger partial charge is 0.339 e. The van der Waals surface area contributed by atoms with Crippen molar-refractivity contribution in [3.63, 3.8) is 0 Å². The van der Waals surface area contributed by atoms with E-state index < -0.39 is 17.6 Å². The van der Waals surface area contributed by atoms with E-state index in [1.807, 2.05) is 0 Å². The molecule has 0 fully saturated rings. The summed E-state index contributed by atoms with van der Waals surface area (Å²) in [5.74, 6) is -3.06. The molecule has 0 unspecified atom stereocenters. The van der Waals surface area contributed by atoms with Gasteiger partial charge in [-0.25, -0.2) is 18.6 Å². The maximum Gasteiger partial charge on any atom is 0.339 e. The molecule has 3 rings (SSSR count). The third kappa shape index (κ3) is 2.23. The lowest BCUT2D eigenvalue weighted by Crippen LogP contribution is -1.95. The monoisotopic (exact) mass is 309 g/mol. The fourth-order valence-electron chi connectivity index (χ4n) is 1.92. The van der Waals surface area contributed by atoms with Gasteiger partial charge in [0, 0.05) is 0 Å². The molecule has 0 saturated heterocycles. The van der Waals surface area contributed by atoms with Gasteiger partial charge < -0.3 is 9.52 Å².